The summed E-state index contributed by atoms with van der Waals surface area (Å²) in [7, 11) is 1.58. The lowest BCUT2D eigenvalue weighted by Crippen LogP contribution is -2.32. The number of hydrogen-bond acceptors (Lipinski definition) is 6. The summed E-state index contributed by atoms with van der Waals surface area (Å²) < 4.78 is 17.7. The number of rotatable bonds is 11. The van der Waals surface area contributed by atoms with Crippen molar-refractivity contribution in [3.8, 4) is 17.2 Å². The molecule has 0 radical (unpaired) electrons. The van der Waals surface area contributed by atoms with Crippen LogP contribution in [0.2, 0.25) is 0 Å². The first-order valence-corrected chi connectivity index (χ1v) is 13.7. The van der Waals surface area contributed by atoms with Crippen molar-refractivity contribution in [1.82, 2.24) is 4.90 Å². The summed E-state index contributed by atoms with van der Waals surface area (Å²) >= 11 is 0.921. The molecule has 0 aromatic heterocycles. The molecule has 1 saturated heterocycles. The fraction of sp³-hybridized carbons (Fsp3) is 0.152. The Hall–Kier alpha value is -4.49. The fourth-order valence-corrected chi connectivity index (χ4v) is 5.40. The number of carbonyl (C=O) groups is 2. The lowest BCUT2D eigenvalue weighted by molar-refractivity contribution is -0.123. The zero-order valence-electron chi connectivity index (χ0n) is 22.2. The second kappa shape index (κ2) is 12.6. The molecule has 4 aromatic carbocycles. The van der Waals surface area contributed by atoms with E-state index in [1.54, 1.807) is 19.3 Å². The topological polar surface area (TPSA) is 65.1 Å². The summed E-state index contributed by atoms with van der Waals surface area (Å²) in [6.45, 7) is 4.61. The monoisotopic (exact) mass is 551 g/mol. The molecule has 1 aliphatic rings. The molecule has 5 rings (SSSR count). The Morgan fingerprint density at radius 1 is 0.900 bits per heavy atom. The van der Waals surface area contributed by atoms with Crippen molar-refractivity contribution in [2.45, 2.75) is 13.0 Å². The quantitative estimate of drug-likeness (QED) is 0.144. The van der Waals surface area contributed by atoms with E-state index in [1.165, 1.54) is 4.90 Å². The summed E-state index contributed by atoms with van der Waals surface area (Å²) in [5.74, 6) is 1.55. The van der Waals surface area contributed by atoms with Gasteiger partial charge in [-0.25, -0.2) is 0 Å². The third-order valence-electron chi connectivity index (χ3n) is 6.46. The Kier molecular flexibility index (Phi) is 8.52. The van der Waals surface area contributed by atoms with Crippen molar-refractivity contribution in [2.75, 3.05) is 20.3 Å². The minimum atomic E-state index is -0.342. The summed E-state index contributed by atoms with van der Waals surface area (Å²) in [6.07, 6.45) is 4.06. The summed E-state index contributed by atoms with van der Waals surface area (Å²) in [5, 5.41) is 1.73. The maximum atomic E-state index is 13.2. The van der Waals surface area contributed by atoms with Crippen LogP contribution in [0, 0.1) is 0 Å². The van der Waals surface area contributed by atoms with E-state index in [4.69, 9.17) is 14.2 Å². The number of thioether (sulfide) groups is 1. The van der Waals surface area contributed by atoms with E-state index in [9.17, 15) is 9.59 Å². The highest BCUT2D eigenvalue weighted by atomic mass is 32.2. The number of fused-ring (bicyclic) bond motifs is 1. The van der Waals surface area contributed by atoms with Crippen LogP contribution in [0.25, 0.3) is 16.8 Å². The molecule has 40 heavy (non-hydrogen) atoms. The van der Waals surface area contributed by atoms with E-state index in [2.05, 4.69) is 6.58 Å². The highest BCUT2D eigenvalue weighted by Crippen LogP contribution is 2.37. The van der Waals surface area contributed by atoms with Crippen LogP contribution in [-0.2, 0) is 17.8 Å². The minimum absolute atomic E-state index is 0.155. The van der Waals surface area contributed by atoms with Crippen molar-refractivity contribution in [3.63, 3.8) is 0 Å². The molecule has 4 aromatic rings. The molecular weight excluding hydrogens is 522 g/mol. The van der Waals surface area contributed by atoms with Crippen LogP contribution >= 0.6 is 11.8 Å². The minimum Gasteiger partial charge on any atom is -0.493 e. The predicted molar refractivity (Wildman–Crippen MR) is 160 cm³/mol. The Morgan fingerprint density at radius 2 is 1.68 bits per heavy atom. The molecule has 0 unspecified atom stereocenters. The lowest BCUT2D eigenvalue weighted by Gasteiger charge is -2.16. The molecule has 0 spiro atoms. The maximum Gasteiger partial charge on any atom is 0.293 e. The Morgan fingerprint density at radius 3 is 2.48 bits per heavy atom. The summed E-state index contributed by atoms with van der Waals surface area (Å²) in [5.41, 5.74) is 2.65. The van der Waals surface area contributed by atoms with Gasteiger partial charge in [0.2, 0.25) is 0 Å². The number of methoxy groups -OCH3 is 1. The molecule has 1 fully saturated rings. The molecule has 0 aliphatic carbocycles. The van der Waals surface area contributed by atoms with Gasteiger partial charge in [-0.05, 0) is 59.0 Å². The highest BCUT2D eigenvalue weighted by molar-refractivity contribution is 8.18. The molecule has 0 N–H and O–H groups in total. The average Bonchev–Trinajstić information content (AvgIpc) is 3.24. The number of hydrogen-bond donors (Lipinski definition) is 0. The van der Waals surface area contributed by atoms with Crippen LogP contribution < -0.4 is 14.2 Å². The van der Waals surface area contributed by atoms with Gasteiger partial charge in [0.05, 0.1) is 18.6 Å². The summed E-state index contributed by atoms with van der Waals surface area (Å²) in [6, 6.07) is 27.4. The molecule has 0 bridgehead atoms. The third kappa shape index (κ3) is 6.05. The number of carbonyl (C=O) groups excluding carboxylic acids is 2. The molecule has 0 saturated carbocycles. The van der Waals surface area contributed by atoms with Gasteiger partial charge >= 0.3 is 0 Å². The molecular formula is C33H29NO5S. The third-order valence-corrected chi connectivity index (χ3v) is 7.37. The van der Waals surface area contributed by atoms with Crippen LogP contribution in [0.4, 0.5) is 4.79 Å². The summed E-state index contributed by atoms with van der Waals surface area (Å²) in [4.78, 5) is 27.4. The number of allylic oxidation sites excluding steroid dienone is 1. The van der Waals surface area contributed by atoms with Crippen LogP contribution in [0.5, 0.6) is 17.2 Å². The van der Waals surface area contributed by atoms with E-state index >= 15 is 0 Å². The smallest absolute Gasteiger partial charge is 0.293 e. The number of ether oxygens (including phenoxy) is 3. The highest BCUT2D eigenvalue weighted by Gasteiger charge is 2.35. The van der Waals surface area contributed by atoms with Crippen LogP contribution in [-0.4, -0.2) is 36.3 Å². The number of amides is 2. The van der Waals surface area contributed by atoms with Gasteiger partial charge in [0, 0.05) is 10.9 Å². The number of nitrogens with zero attached hydrogens (tertiary/aromatic N) is 1. The average molecular weight is 552 g/mol. The standard InChI is InChI=1S/C33H29NO5S/c1-3-10-26-19-24(20-29(37-2)31(26)39-22-23-11-5-4-6-12-23)21-30-32(35)34(33(36)40-30)17-18-38-28-16-9-14-25-13-7-8-15-27(25)28/h3-9,11-16,19-21H,1,10,17-18,22H2,2H3/b30-21-. The van der Waals surface area contributed by atoms with Gasteiger partial charge in [-0.3, -0.25) is 14.5 Å². The van der Waals surface area contributed by atoms with Crippen LogP contribution in [0.1, 0.15) is 16.7 Å². The molecule has 7 heteroatoms. The molecule has 2 amide bonds. The zero-order valence-corrected chi connectivity index (χ0v) is 23.0. The van der Waals surface area contributed by atoms with Crippen molar-refractivity contribution in [1.29, 1.82) is 0 Å². The first kappa shape index (κ1) is 27.1. The SMILES string of the molecule is C=CCc1cc(/C=C2\SC(=O)N(CCOc3cccc4ccccc34)C2=O)cc(OC)c1OCc1ccccc1. The van der Waals surface area contributed by atoms with Crippen molar-refractivity contribution >= 4 is 39.8 Å². The van der Waals surface area contributed by atoms with Gasteiger partial charge in [0.1, 0.15) is 19.0 Å². The molecule has 1 aliphatic heterocycles. The van der Waals surface area contributed by atoms with E-state index < -0.39 is 0 Å². The van der Waals surface area contributed by atoms with Crippen LogP contribution in [0.15, 0.2) is 102 Å². The Bertz CT molecular complexity index is 1580. The molecule has 0 atom stereocenters. The largest absolute Gasteiger partial charge is 0.493 e. The van der Waals surface area contributed by atoms with Crippen molar-refractivity contribution < 1.29 is 23.8 Å². The van der Waals surface area contributed by atoms with Crippen molar-refractivity contribution in [2.24, 2.45) is 0 Å². The van der Waals surface area contributed by atoms with Gasteiger partial charge in [-0.1, -0.05) is 72.8 Å². The fourth-order valence-electron chi connectivity index (χ4n) is 4.53. The van der Waals surface area contributed by atoms with Crippen molar-refractivity contribution in [3.05, 3.63) is 119 Å². The van der Waals surface area contributed by atoms with E-state index in [1.807, 2.05) is 84.9 Å². The number of imide groups is 1. The normalized spacial score (nSPS) is 14.1. The van der Waals surface area contributed by atoms with E-state index in [0.717, 1.165) is 45.0 Å². The Balaban J connectivity index is 1.30. The molecule has 1 heterocycles. The Labute approximate surface area is 237 Å². The number of benzene rings is 4. The van der Waals surface area contributed by atoms with Crippen LogP contribution in [0.3, 0.4) is 0 Å². The zero-order chi connectivity index (χ0) is 27.9. The van der Waals surface area contributed by atoms with Gasteiger partial charge in [-0.2, -0.15) is 0 Å². The van der Waals surface area contributed by atoms with E-state index in [-0.39, 0.29) is 24.3 Å². The van der Waals surface area contributed by atoms with Gasteiger partial charge in [0.25, 0.3) is 11.1 Å². The van der Waals surface area contributed by atoms with Gasteiger partial charge < -0.3 is 14.2 Å². The van der Waals surface area contributed by atoms with Gasteiger partial charge in [0.15, 0.2) is 11.5 Å². The second-order valence-electron chi connectivity index (χ2n) is 9.14. The second-order valence-corrected chi connectivity index (χ2v) is 10.1. The maximum absolute atomic E-state index is 13.2. The first-order chi connectivity index (χ1) is 19.6. The van der Waals surface area contributed by atoms with Gasteiger partial charge in [-0.15, -0.1) is 6.58 Å². The first-order valence-electron chi connectivity index (χ1n) is 12.9. The lowest BCUT2D eigenvalue weighted by atomic mass is 10.0. The molecule has 6 nitrogen and oxygen atoms in total. The van der Waals surface area contributed by atoms with E-state index in [0.29, 0.717) is 29.4 Å². The predicted octanol–water partition coefficient (Wildman–Crippen LogP) is 7.27. The molecule has 202 valence electrons.